The first-order valence-electron chi connectivity index (χ1n) is 9.32. The lowest BCUT2D eigenvalue weighted by Crippen LogP contribution is -2.40. The standard InChI is InChI=1S/C21H25NO5S/c1-16(2)18-8-6-17(7-9-18)15-27-21(23)19-4-3-5-20(14-19)28(24,25)22-10-12-26-13-11-22/h3-9,14,16H,10-13,15H2,1-2H3. The zero-order valence-corrected chi connectivity index (χ0v) is 16.9. The lowest BCUT2D eigenvalue weighted by Gasteiger charge is -2.26. The van der Waals surface area contributed by atoms with Crippen LogP contribution in [0.2, 0.25) is 0 Å². The van der Waals surface area contributed by atoms with E-state index in [0.29, 0.717) is 32.2 Å². The highest BCUT2D eigenvalue weighted by Crippen LogP contribution is 2.19. The molecule has 0 amide bonds. The summed E-state index contributed by atoms with van der Waals surface area (Å²) in [5.74, 6) is -0.111. The fraction of sp³-hybridized carbons (Fsp3) is 0.381. The molecule has 150 valence electrons. The third kappa shape index (κ3) is 4.79. The first kappa shape index (κ1) is 20.5. The van der Waals surface area contributed by atoms with Gasteiger partial charge in [0.1, 0.15) is 6.61 Å². The van der Waals surface area contributed by atoms with Crippen LogP contribution in [0, 0.1) is 0 Å². The Morgan fingerprint density at radius 1 is 1.11 bits per heavy atom. The van der Waals surface area contributed by atoms with E-state index in [1.54, 1.807) is 12.1 Å². The lowest BCUT2D eigenvalue weighted by atomic mass is 10.0. The maximum absolute atomic E-state index is 12.7. The van der Waals surface area contributed by atoms with Crippen molar-refractivity contribution >= 4 is 16.0 Å². The van der Waals surface area contributed by atoms with Crippen LogP contribution in [0.15, 0.2) is 53.4 Å². The van der Waals surface area contributed by atoms with Crippen LogP contribution < -0.4 is 0 Å². The summed E-state index contributed by atoms with van der Waals surface area (Å²) in [4.78, 5) is 12.5. The van der Waals surface area contributed by atoms with Crippen molar-refractivity contribution in [2.45, 2.75) is 31.3 Å². The first-order chi connectivity index (χ1) is 13.4. The van der Waals surface area contributed by atoms with Crippen LogP contribution >= 0.6 is 0 Å². The molecule has 1 aliphatic heterocycles. The van der Waals surface area contributed by atoms with Gasteiger partial charge in [0, 0.05) is 13.1 Å². The van der Waals surface area contributed by atoms with Crippen LogP contribution in [0.3, 0.4) is 0 Å². The minimum atomic E-state index is -3.65. The van der Waals surface area contributed by atoms with E-state index in [1.807, 2.05) is 24.3 Å². The Bertz CT molecular complexity index is 916. The molecule has 0 radical (unpaired) electrons. The molecule has 1 aliphatic rings. The molecule has 0 N–H and O–H groups in total. The Labute approximate surface area is 166 Å². The molecular weight excluding hydrogens is 378 g/mol. The van der Waals surface area contributed by atoms with Crippen molar-refractivity contribution in [3.63, 3.8) is 0 Å². The van der Waals surface area contributed by atoms with E-state index in [-0.39, 0.29) is 17.1 Å². The zero-order valence-electron chi connectivity index (χ0n) is 16.1. The van der Waals surface area contributed by atoms with Gasteiger partial charge in [-0.15, -0.1) is 0 Å². The predicted molar refractivity (Wildman–Crippen MR) is 106 cm³/mol. The summed E-state index contributed by atoms with van der Waals surface area (Å²) in [6, 6.07) is 13.9. The SMILES string of the molecule is CC(C)c1ccc(COC(=O)c2cccc(S(=O)(=O)N3CCOCC3)c2)cc1. The average molecular weight is 404 g/mol. The largest absolute Gasteiger partial charge is 0.457 e. The third-order valence-corrected chi connectivity index (χ3v) is 6.59. The smallest absolute Gasteiger partial charge is 0.338 e. The quantitative estimate of drug-likeness (QED) is 0.693. The van der Waals surface area contributed by atoms with Crippen molar-refractivity contribution in [2.24, 2.45) is 0 Å². The van der Waals surface area contributed by atoms with Gasteiger partial charge in [0.25, 0.3) is 0 Å². The number of benzene rings is 2. The number of hydrogen-bond donors (Lipinski definition) is 0. The Balaban J connectivity index is 1.68. The molecule has 2 aromatic rings. The fourth-order valence-corrected chi connectivity index (χ4v) is 4.40. The van der Waals surface area contributed by atoms with Gasteiger partial charge < -0.3 is 9.47 Å². The molecule has 1 fully saturated rings. The van der Waals surface area contributed by atoms with Crippen molar-refractivity contribution in [3.8, 4) is 0 Å². The number of carbonyl (C=O) groups excluding carboxylic acids is 1. The van der Waals surface area contributed by atoms with Gasteiger partial charge in [-0.05, 0) is 35.2 Å². The predicted octanol–water partition coefficient (Wildman–Crippen LogP) is 3.19. The number of hydrogen-bond acceptors (Lipinski definition) is 5. The van der Waals surface area contributed by atoms with Gasteiger partial charge in [-0.2, -0.15) is 4.31 Å². The van der Waals surface area contributed by atoms with E-state index in [4.69, 9.17) is 9.47 Å². The van der Waals surface area contributed by atoms with Gasteiger partial charge in [-0.3, -0.25) is 0 Å². The lowest BCUT2D eigenvalue weighted by molar-refractivity contribution is 0.0472. The summed E-state index contributed by atoms with van der Waals surface area (Å²) < 4.78 is 37.4. The fourth-order valence-electron chi connectivity index (χ4n) is 2.95. The highest BCUT2D eigenvalue weighted by molar-refractivity contribution is 7.89. The maximum atomic E-state index is 12.7. The number of ether oxygens (including phenoxy) is 2. The number of nitrogens with zero attached hydrogens (tertiary/aromatic N) is 1. The number of sulfonamides is 1. The van der Waals surface area contributed by atoms with E-state index in [2.05, 4.69) is 13.8 Å². The van der Waals surface area contributed by atoms with E-state index in [0.717, 1.165) is 5.56 Å². The van der Waals surface area contributed by atoms with Crippen molar-refractivity contribution in [1.82, 2.24) is 4.31 Å². The van der Waals surface area contributed by atoms with Gasteiger partial charge in [-0.1, -0.05) is 44.2 Å². The summed E-state index contributed by atoms with van der Waals surface area (Å²) in [5, 5.41) is 0. The summed E-state index contributed by atoms with van der Waals surface area (Å²) in [6.07, 6.45) is 0. The monoisotopic (exact) mass is 403 g/mol. The highest BCUT2D eigenvalue weighted by Gasteiger charge is 2.27. The summed E-state index contributed by atoms with van der Waals surface area (Å²) in [7, 11) is -3.65. The molecular formula is C21H25NO5S. The van der Waals surface area contributed by atoms with E-state index >= 15 is 0 Å². The van der Waals surface area contributed by atoms with Gasteiger partial charge >= 0.3 is 5.97 Å². The molecule has 0 aliphatic carbocycles. The van der Waals surface area contributed by atoms with Gasteiger partial charge in [0.05, 0.1) is 23.7 Å². The minimum absolute atomic E-state index is 0.0881. The average Bonchev–Trinajstić information content (AvgIpc) is 2.73. The second-order valence-electron chi connectivity index (χ2n) is 7.02. The first-order valence-corrected chi connectivity index (χ1v) is 10.8. The molecule has 0 atom stereocenters. The molecule has 0 saturated carbocycles. The molecule has 0 bridgehead atoms. The zero-order chi connectivity index (χ0) is 20.1. The normalized spacial score (nSPS) is 15.5. The third-order valence-electron chi connectivity index (χ3n) is 4.69. The number of carbonyl (C=O) groups is 1. The molecule has 1 heterocycles. The van der Waals surface area contributed by atoms with E-state index < -0.39 is 16.0 Å². The Morgan fingerprint density at radius 3 is 2.43 bits per heavy atom. The molecule has 6 nitrogen and oxygen atoms in total. The van der Waals surface area contributed by atoms with E-state index in [1.165, 1.54) is 22.0 Å². The van der Waals surface area contributed by atoms with E-state index in [9.17, 15) is 13.2 Å². The van der Waals surface area contributed by atoms with Crippen LogP contribution in [0.4, 0.5) is 0 Å². The molecule has 3 rings (SSSR count). The topological polar surface area (TPSA) is 72.9 Å². The van der Waals surface area contributed by atoms with Crippen molar-refractivity contribution in [2.75, 3.05) is 26.3 Å². The number of morpholine rings is 1. The van der Waals surface area contributed by atoms with Crippen molar-refractivity contribution in [3.05, 3.63) is 65.2 Å². The molecule has 0 aromatic heterocycles. The highest BCUT2D eigenvalue weighted by atomic mass is 32.2. The number of rotatable bonds is 6. The summed E-state index contributed by atoms with van der Waals surface area (Å²) in [5.41, 5.74) is 2.32. The van der Waals surface area contributed by atoms with Crippen molar-refractivity contribution < 1.29 is 22.7 Å². The Hall–Kier alpha value is -2.22. The van der Waals surface area contributed by atoms with Crippen LogP contribution in [0.5, 0.6) is 0 Å². The molecule has 7 heteroatoms. The second kappa shape index (κ2) is 8.86. The van der Waals surface area contributed by atoms with Gasteiger partial charge in [0.2, 0.25) is 10.0 Å². The molecule has 1 saturated heterocycles. The molecule has 2 aromatic carbocycles. The van der Waals surface area contributed by atoms with Gasteiger partial charge in [0.15, 0.2) is 0 Å². The van der Waals surface area contributed by atoms with Gasteiger partial charge in [-0.25, -0.2) is 13.2 Å². The molecule has 0 unspecified atom stereocenters. The van der Waals surface area contributed by atoms with Crippen LogP contribution in [0.1, 0.15) is 41.3 Å². The maximum Gasteiger partial charge on any atom is 0.338 e. The summed E-state index contributed by atoms with van der Waals surface area (Å²) in [6.45, 7) is 5.73. The Kier molecular flexibility index (Phi) is 6.49. The van der Waals surface area contributed by atoms with Crippen LogP contribution in [-0.2, 0) is 26.1 Å². The van der Waals surface area contributed by atoms with Crippen LogP contribution in [-0.4, -0.2) is 45.0 Å². The van der Waals surface area contributed by atoms with Crippen LogP contribution in [0.25, 0.3) is 0 Å². The van der Waals surface area contributed by atoms with Crippen molar-refractivity contribution in [1.29, 1.82) is 0 Å². The number of esters is 1. The molecule has 0 spiro atoms. The Morgan fingerprint density at radius 2 is 1.79 bits per heavy atom. The minimum Gasteiger partial charge on any atom is -0.457 e. The second-order valence-corrected chi connectivity index (χ2v) is 8.95. The summed E-state index contributed by atoms with van der Waals surface area (Å²) >= 11 is 0. The molecule has 28 heavy (non-hydrogen) atoms.